The van der Waals surface area contributed by atoms with Crippen molar-refractivity contribution in [3.05, 3.63) is 0 Å². The lowest BCUT2D eigenvalue weighted by atomic mass is 9.90. The molecule has 0 amide bonds. The predicted molar refractivity (Wildman–Crippen MR) is 82.5 cm³/mol. The molecule has 0 aromatic heterocycles. The maximum Gasteiger partial charge on any atom is 0.0252 e. The first kappa shape index (κ1) is 15.3. The molecule has 2 aliphatic rings. The van der Waals surface area contributed by atoms with Gasteiger partial charge in [0.15, 0.2) is 0 Å². The molecule has 0 aromatic carbocycles. The number of nitrogens with zero attached hydrogens (tertiary/aromatic N) is 2. The standard InChI is InChI=1S/C16H33N3/c1-13(2)15-9-17-16(3,4)12-19(15)11-14-7-6-8-18(5)10-14/h13-15,17H,6-12H2,1-5H3. The molecule has 2 atom stereocenters. The molecule has 0 bridgehead atoms. The van der Waals surface area contributed by atoms with E-state index in [-0.39, 0.29) is 5.54 Å². The van der Waals surface area contributed by atoms with Gasteiger partial charge in [-0.05, 0) is 52.1 Å². The quantitative estimate of drug-likeness (QED) is 0.844. The number of hydrogen-bond acceptors (Lipinski definition) is 3. The van der Waals surface area contributed by atoms with Crippen molar-refractivity contribution < 1.29 is 0 Å². The van der Waals surface area contributed by atoms with Crippen molar-refractivity contribution in [3.8, 4) is 0 Å². The second kappa shape index (κ2) is 6.11. The van der Waals surface area contributed by atoms with Gasteiger partial charge < -0.3 is 10.2 Å². The second-order valence-electron chi connectivity index (χ2n) is 7.78. The molecule has 2 saturated heterocycles. The average molecular weight is 267 g/mol. The number of piperazine rings is 1. The van der Waals surface area contributed by atoms with Crippen LogP contribution in [-0.2, 0) is 0 Å². The SMILES string of the molecule is CC(C)C1CNC(C)(C)CN1CC1CCCN(C)C1. The molecular weight excluding hydrogens is 234 g/mol. The van der Waals surface area contributed by atoms with Gasteiger partial charge in [0.25, 0.3) is 0 Å². The summed E-state index contributed by atoms with van der Waals surface area (Å²) in [7, 11) is 2.27. The topological polar surface area (TPSA) is 18.5 Å². The molecule has 2 rings (SSSR count). The molecular formula is C16H33N3. The highest BCUT2D eigenvalue weighted by atomic mass is 15.3. The molecule has 3 nitrogen and oxygen atoms in total. The zero-order valence-corrected chi connectivity index (χ0v) is 13.6. The summed E-state index contributed by atoms with van der Waals surface area (Å²) < 4.78 is 0. The Morgan fingerprint density at radius 2 is 2.05 bits per heavy atom. The van der Waals surface area contributed by atoms with Crippen LogP contribution in [0.4, 0.5) is 0 Å². The predicted octanol–water partition coefficient (Wildman–Crippen LogP) is 2.04. The Labute approximate surface area is 119 Å². The van der Waals surface area contributed by atoms with Gasteiger partial charge in [-0.25, -0.2) is 0 Å². The molecule has 2 fully saturated rings. The van der Waals surface area contributed by atoms with E-state index in [9.17, 15) is 0 Å². The fraction of sp³-hybridized carbons (Fsp3) is 1.00. The van der Waals surface area contributed by atoms with E-state index in [4.69, 9.17) is 0 Å². The second-order valence-corrected chi connectivity index (χ2v) is 7.78. The van der Waals surface area contributed by atoms with Crippen molar-refractivity contribution >= 4 is 0 Å². The normalized spacial score (nSPS) is 33.8. The lowest BCUT2D eigenvalue weighted by Gasteiger charge is -2.48. The van der Waals surface area contributed by atoms with E-state index in [1.165, 1.54) is 39.0 Å². The summed E-state index contributed by atoms with van der Waals surface area (Å²) in [6.07, 6.45) is 2.79. The summed E-state index contributed by atoms with van der Waals surface area (Å²) in [5.74, 6) is 1.61. The van der Waals surface area contributed by atoms with E-state index < -0.39 is 0 Å². The van der Waals surface area contributed by atoms with E-state index in [0.29, 0.717) is 6.04 Å². The lowest BCUT2D eigenvalue weighted by molar-refractivity contribution is 0.0424. The Morgan fingerprint density at radius 1 is 1.32 bits per heavy atom. The molecule has 2 unspecified atom stereocenters. The van der Waals surface area contributed by atoms with Crippen LogP contribution in [0.25, 0.3) is 0 Å². The zero-order chi connectivity index (χ0) is 14.0. The van der Waals surface area contributed by atoms with E-state index in [2.05, 4.69) is 49.9 Å². The van der Waals surface area contributed by atoms with E-state index >= 15 is 0 Å². The van der Waals surface area contributed by atoms with Gasteiger partial charge in [0, 0.05) is 37.8 Å². The summed E-state index contributed by atoms with van der Waals surface area (Å²) in [6.45, 7) is 15.6. The zero-order valence-electron chi connectivity index (χ0n) is 13.6. The van der Waals surface area contributed by atoms with Gasteiger partial charge in [0.1, 0.15) is 0 Å². The van der Waals surface area contributed by atoms with Crippen molar-refractivity contribution in [2.45, 2.75) is 52.1 Å². The van der Waals surface area contributed by atoms with Crippen LogP contribution in [0.1, 0.15) is 40.5 Å². The molecule has 2 heterocycles. The average Bonchev–Trinajstić information content (AvgIpc) is 2.27. The highest BCUT2D eigenvalue weighted by Gasteiger charge is 2.35. The molecule has 3 heteroatoms. The Balaban J connectivity index is 1.97. The van der Waals surface area contributed by atoms with Crippen LogP contribution in [0.2, 0.25) is 0 Å². The Kier molecular flexibility index (Phi) is 4.91. The van der Waals surface area contributed by atoms with Crippen molar-refractivity contribution in [1.29, 1.82) is 0 Å². The molecule has 0 radical (unpaired) electrons. The summed E-state index contributed by atoms with van der Waals surface area (Å²) >= 11 is 0. The van der Waals surface area contributed by atoms with E-state index in [0.717, 1.165) is 18.4 Å². The molecule has 0 aromatic rings. The van der Waals surface area contributed by atoms with Gasteiger partial charge in [-0.15, -0.1) is 0 Å². The van der Waals surface area contributed by atoms with Gasteiger partial charge >= 0.3 is 0 Å². The van der Waals surface area contributed by atoms with Crippen LogP contribution in [0.15, 0.2) is 0 Å². The largest absolute Gasteiger partial charge is 0.309 e. The smallest absolute Gasteiger partial charge is 0.0252 e. The molecule has 1 N–H and O–H groups in total. The van der Waals surface area contributed by atoms with Crippen LogP contribution < -0.4 is 5.32 Å². The minimum Gasteiger partial charge on any atom is -0.309 e. The van der Waals surface area contributed by atoms with Crippen LogP contribution >= 0.6 is 0 Å². The Morgan fingerprint density at radius 3 is 2.68 bits per heavy atom. The number of rotatable bonds is 3. The summed E-state index contributed by atoms with van der Waals surface area (Å²) in [5, 5.41) is 3.71. The first-order chi connectivity index (χ1) is 8.87. The first-order valence-corrected chi connectivity index (χ1v) is 8.05. The molecule has 0 aliphatic carbocycles. The number of nitrogens with one attached hydrogen (secondary N) is 1. The third kappa shape index (κ3) is 4.17. The Hall–Kier alpha value is -0.120. The summed E-state index contributed by atoms with van der Waals surface area (Å²) in [4.78, 5) is 5.27. The van der Waals surface area contributed by atoms with Crippen molar-refractivity contribution in [2.24, 2.45) is 11.8 Å². The van der Waals surface area contributed by atoms with Gasteiger partial charge in [-0.2, -0.15) is 0 Å². The van der Waals surface area contributed by atoms with E-state index in [1.807, 2.05) is 0 Å². The fourth-order valence-corrected chi connectivity index (χ4v) is 3.80. The summed E-state index contributed by atoms with van der Waals surface area (Å²) in [5.41, 5.74) is 0.270. The molecule has 19 heavy (non-hydrogen) atoms. The van der Waals surface area contributed by atoms with Crippen LogP contribution in [0.3, 0.4) is 0 Å². The molecule has 112 valence electrons. The Bertz CT molecular complexity index is 288. The van der Waals surface area contributed by atoms with E-state index in [1.54, 1.807) is 0 Å². The third-order valence-corrected chi connectivity index (χ3v) is 4.84. The highest BCUT2D eigenvalue weighted by Crippen LogP contribution is 2.24. The van der Waals surface area contributed by atoms with Crippen molar-refractivity contribution in [2.75, 3.05) is 39.8 Å². The molecule has 0 spiro atoms. The number of piperidine rings is 1. The van der Waals surface area contributed by atoms with Gasteiger partial charge in [-0.1, -0.05) is 13.8 Å². The maximum absolute atomic E-state index is 3.71. The number of likely N-dealkylation sites (tertiary alicyclic amines) is 1. The lowest BCUT2D eigenvalue weighted by Crippen LogP contribution is -2.63. The third-order valence-electron chi connectivity index (χ3n) is 4.84. The minimum atomic E-state index is 0.270. The van der Waals surface area contributed by atoms with Crippen molar-refractivity contribution in [1.82, 2.24) is 15.1 Å². The van der Waals surface area contributed by atoms with Gasteiger partial charge in [-0.3, -0.25) is 4.90 Å². The first-order valence-electron chi connectivity index (χ1n) is 8.05. The molecule has 2 aliphatic heterocycles. The minimum absolute atomic E-state index is 0.270. The summed E-state index contributed by atoms with van der Waals surface area (Å²) in [6, 6.07) is 0.709. The van der Waals surface area contributed by atoms with Gasteiger partial charge in [0.05, 0.1) is 0 Å². The van der Waals surface area contributed by atoms with Crippen LogP contribution in [0, 0.1) is 11.8 Å². The number of hydrogen-bond donors (Lipinski definition) is 1. The van der Waals surface area contributed by atoms with Crippen molar-refractivity contribution in [3.63, 3.8) is 0 Å². The maximum atomic E-state index is 3.71. The van der Waals surface area contributed by atoms with Gasteiger partial charge in [0.2, 0.25) is 0 Å². The fourth-order valence-electron chi connectivity index (χ4n) is 3.80. The van der Waals surface area contributed by atoms with Crippen LogP contribution in [0.5, 0.6) is 0 Å². The highest BCUT2D eigenvalue weighted by molar-refractivity contribution is 4.94. The monoisotopic (exact) mass is 267 g/mol. The molecule has 0 saturated carbocycles. The van der Waals surface area contributed by atoms with Crippen LogP contribution in [-0.4, -0.2) is 61.2 Å².